The van der Waals surface area contributed by atoms with Crippen LogP contribution in [0.5, 0.6) is 0 Å². The highest BCUT2D eigenvalue weighted by atomic mass is 35.5. The SMILES string of the molecule is COC(=O)CCc1ccc(N2CC3CC2CC3OCc2c(-c3c(Cl)cccc3Cl)cnn2C2CC2)cc1. The maximum atomic E-state index is 11.4. The van der Waals surface area contributed by atoms with Gasteiger partial charge in [-0.1, -0.05) is 41.4 Å². The highest BCUT2D eigenvalue weighted by molar-refractivity contribution is 6.39. The third-order valence-electron chi connectivity index (χ3n) is 8.05. The van der Waals surface area contributed by atoms with Crippen LogP contribution in [0.4, 0.5) is 5.69 Å². The fraction of sp³-hybridized carbons (Fsp3) is 0.448. The molecule has 3 aromatic rings. The number of aromatic nitrogens is 2. The third kappa shape index (κ3) is 4.99. The summed E-state index contributed by atoms with van der Waals surface area (Å²) in [5.74, 6) is 0.336. The van der Waals surface area contributed by atoms with Gasteiger partial charge >= 0.3 is 5.97 Å². The van der Waals surface area contributed by atoms with Crippen LogP contribution in [-0.2, 0) is 27.3 Å². The molecule has 2 heterocycles. The quantitative estimate of drug-likeness (QED) is 0.291. The van der Waals surface area contributed by atoms with E-state index in [1.54, 1.807) is 0 Å². The van der Waals surface area contributed by atoms with Crippen LogP contribution >= 0.6 is 23.2 Å². The Kier molecular flexibility index (Phi) is 6.91. The number of esters is 1. The van der Waals surface area contributed by atoms with Gasteiger partial charge in [-0.15, -0.1) is 0 Å². The Bertz CT molecular complexity index is 1270. The van der Waals surface area contributed by atoms with Crippen molar-refractivity contribution in [1.29, 1.82) is 0 Å². The molecule has 37 heavy (non-hydrogen) atoms. The number of ether oxygens (including phenoxy) is 2. The number of halogens is 2. The first kappa shape index (κ1) is 24.8. The lowest BCUT2D eigenvalue weighted by molar-refractivity contribution is -0.140. The van der Waals surface area contributed by atoms with Gasteiger partial charge in [-0.25, -0.2) is 0 Å². The number of carbonyl (C=O) groups excluding carboxylic acids is 1. The van der Waals surface area contributed by atoms with Crippen molar-refractivity contribution >= 4 is 34.9 Å². The average molecular weight is 540 g/mol. The van der Waals surface area contributed by atoms with E-state index in [2.05, 4.69) is 33.8 Å². The summed E-state index contributed by atoms with van der Waals surface area (Å²) in [4.78, 5) is 13.9. The summed E-state index contributed by atoms with van der Waals surface area (Å²) in [6, 6.07) is 15.1. The zero-order chi connectivity index (χ0) is 25.5. The van der Waals surface area contributed by atoms with Gasteiger partial charge in [-0.3, -0.25) is 9.48 Å². The molecule has 0 amide bonds. The summed E-state index contributed by atoms with van der Waals surface area (Å²) in [6.07, 6.45) is 7.71. The zero-order valence-electron chi connectivity index (χ0n) is 20.9. The zero-order valence-corrected chi connectivity index (χ0v) is 22.4. The smallest absolute Gasteiger partial charge is 0.305 e. The number of carbonyl (C=O) groups is 1. The lowest BCUT2D eigenvalue weighted by Crippen LogP contribution is -2.38. The van der Waals surface area contributed by atoms with Gasteiger partial charge in [0.25, 0.3) is 0 Å². The number of piperidine rings is 1. The number of nitrogens with zero attached hydrogens (tertiary/aromatic N) is 3. The molecule has 1 aromatic heterocycles. The second-order valence-corrected chi connectivity index (χ2v) is 11.2. The first-order chi connectivity index (χ1) is 18.0. The van der Waals surface area contributed by atoms with Crippen molar-refractivity contribution in [3.63, 3.8) is 0 Å². The molecule has 3 unspecified atom stereocenters. The molecule has 2 aliphatic carbocycles. The summed E-state index contributed by atoms with van der Waals surface area (Å²) < 4.78 is 13.5. The summed E-state index contributed by atoms with van der Waals surface area (Å²) in [7, 11) is 1.43. The molecule has 6 rings (SSSR count). The predicted molar refractivity (Wildman–Crippen MR) is 145 cm³/mol. The molecule has 2 saturated carbocycles. The number of hydrogen-bond donors (Lipinski definition) is 0. The average Bonchev–Trinajstić information content (AvgIpc) is 3.36. The number of hydrogen-bond acceptors (Lipinski definition) is 5. The standard InChI is InChI=1S/C29H31Cl2N3O3/c1-36-28(35)12-7-18-5-8-20(9-6-18)33-16-19-13-22(33)14-27(19)37-17-26-23(15-32-34(26)21-10-11-21)29-24(30)3-2-4-25(29)31/h2-6,8-9,15,19,21-22,27H,7,10-14,16-17H2,1H3. The Balaban J connectivity index is 1.11. The van der Waals surface area contributed by atoms with Gasteiger partial charge in [0.2, 0.25) is 0 Å². The largest absolute Gasteiger partial charge is 0.469 e. The van der Waals surface area contributed by atoms with Crippen molar-refractivity contribution < 1.29 is 14.3 Å². The van der Waals surface area contributed by atoms with Crippen LogP contribution in [0.2, 0.25) is 10.0 Å². The Labute approximate surface area is 227 Å². The van der Waals surface area contributed by atoms with E-state index >= 15 is 0 Å². The van der Waals surface area contributed by atoms with Crippen molar-refractivity contribution in [1.82, 2.24) is 9.78 Å². The molecule has 0 radical (unpaired) electrons. The highest BCUT2D eigenvalue weighted by Crippen LogP contribution is 2.44. The number of anilines is 1. The normalized spacial score (nSPS) is 22.6. The van der Waals surface area contributed by atoms with E-state index in [4.69, 9.17) is 37.8 Å². The van der Waals surface area contributed by atoms with Gasteiger partial charge in [0.15, 0.2) is 0 Å². The van der Waals surface area contributed by atoms with Crippen LogP contribution in [0.15, 0.2) is 48.7 Å². The minimum atomic E-state index is -0.172. The fourth-order valence-electron chi connectivity index (χ4n) is 5.94. The molecule has 2 bridgehead atoms. The van der Waals surface area contributed by atoms with Crippen molar-refractivity contribution in [2.45, 2.75) is 63.3 Å². The first-order valence-electron chi connectivity index (χ1n) is 13.1. The number of fused-ring (bicyclic) bond motifs is 2. The van der Waals surface area contributed by atoms with Gasteiger partial charge in [-0.2, -0.15) is 5.10 Å². The van der Waals surface area contributed by atoms with E-state index in [0.717, 1.165) is 54.6 Å². The minimum Gasteiger partial charge on any atom is -0.469 e. The van der Waals surface area contributed by atoms with Crippen LogP contribution in [0.1, 0.15) is 49.4 Å². The van der Waals surface area contributed by atoms with Crippen LogP contribution < -0.4 is 4.90 Å². The van der Waals surface area contributed by atoms with E-state index in [1.165, 1.54) is 12.8 Å². The van der Waals surface area contributed by atoms with Gasteiger partial charge < -0.3 is 14.4 Å². The fourth-order valence-corrected chi connectivity index (χ4v) is 6.55. The molecular weight excluding hydrogens is 509 g/mol. The number of aryl methyl sites for hydroxylation is 1. The van der Waals surface area contributed by atoms with Crippen molar-refractivity contribution in [2.24, 2.45) is 5.92 Å². The van der Waals surface area contributed by atoms with Gasteiger partial charge in [0.1, 0.15) is 0 Å². The Morgan fingerprint density at radius 1 is 1.05 bits per heavy atom. The second kappa shape index (κ2) is 10.3. The molecule has 1 aliphatic heterocycles. The van der Waals surface area contributed by atoms with Crippen LogP contribution in [0.3, 0.4) is 0 Å². The summed E-state index contributed by atoms with van der Waals surface area (Å²) in [5.41, 5.74) is 5.28. The van der Waals surface area contributed by atoms with Crippen LogP contribution in [0.25, 0.3) is 11.1 Å². The van der Waals surface area contributed by atoms with Crippen LogP contribution in [0, 0.1) is 5.92 Å². The van der Waals surface area contributed by atoms with E-state index in [9.17, 15) is 4.79 Å². The van der Waals surface area contributed by atoms with Crippen molar-refractivity contribution in [3.05, 3.63) is 70.0 Å². The second-order valence-electron chi connectivity index (χ2n) is 10.4. The van der Waals surface area contributed by atoms with Crippen LogP contribution in [-0.4, -0.2) is 41.6 Å². The molecule has 3 fully saturated rings. The lowest BCUT2D eigenvalue weighted by atomic mass is 10.0. The number of rotatable bonds is 9. The molecule has 3 atom stereocenters. The summed E-state index contributed by atoms with van der Waals surface area (Å²) >= 11 is 13.1. The lowest BCUT2D eigenvalue weighted by Gasteiger charge is -2.33. The molecule has 1 saturated heterocycles. The molecule has 0 spiro atoms. The molecular formula is C29H31Cl2N3O3. The summed E-state index contributed by atoms with van der Waals surface area (Å²) in [6.45, 7) is 1.51. The number of methoxy groups -OCH3 is 1. The molecule has 6 nitrogen and oxygen atoms in total. The van der Waals surface area contributed by atoms with Gasteiger partial charge in [-0.05, 0) is 61.9 Å². The highest BCUT2D eigenvalue weighted by Gasteiger charge is 2.45. The van der Waals surface area contributed by atoms with E-state index in [0.29, 0.717) is 47.5 Å². The summed E-state index contributed by atoms with van der Waals surface area (Å²) in [5, 5.41) is 5.97. The molecule has 194 valence electrons. The van der Waals surface area contributed by atoms with Crippen molar-refractivity contribution in [2.75, 3.05) is 18.6 Å². The molecule has 8 heteroatoms. The minimum absolute atomic E-state index is 0.172. The van der Waals surface area contributed by atoms with E-state index in [-0.39, 0.29) is 12.1 Å². The van der Waals surface area contributed by atoms with Gasteiger partial charge in [0.05, 0.1) is 47.8 Å². The first-order valence-corrected chi connectivity index (χ1v) is 13.8. The maximum absolute atomic E-state index is 11.4. The van der Waals surface area contributed by atoms with Gasteiger partial charge in [0, 0.05) is 41.7 Å². The van der Waals surface area contributed by atoms with E-state index in [1.807, 2.05) is 24.4 Å². The maximum Gasteiger partial charge on any atom is 0.305 e. The number of benzene rings is 2. The third-order valence-corrected chi connectivity index (χ3v) is 8.68. The Hall–Kier alpha value is -2.54. The van der Waals surface area contributed by atoms with E-state index < -0.39 is 0 Å². The van der Waals surface area contributed by atoms with Crippen molar-refractivity contribution in [3.8, 4) is 11.1 Å². The monoisotopic (exact) mass is 539 g/mol. The molecule has 3 aliphatic rings. The Morgan fingerprint density at radius 3 is 2.46 bits per heavy atom. The molecule has 2 aromatic carbocycles. The topological polar surface area (TPSA) is 56.6 Å². The predicted octanol–water partition coefficient (Wildman–Crippen LogP) is 6.48. The molecule has 0 N–H and O–H groups in total. The Morgan fingerprint density at radius 2 is 1.81 bits per heavy atom.